The first-order valence-corrected chi connectivity index (χ1v) is 6.13. The molecular weight excluding hydrogens is 291 g/mol. The smallest absolute Gasteiger partial charge is 0.290 e. The maximum atomic E-state index is 11.8. The van der Waals surface area contributed by atoms with Crippen molar-refractivity contribution in [2.75, 3.05) is 6.54 Å². The summed E-state index contributed by atoms with van der Waals surface area (Å²) in [5.74, 6) is -0.445. The maximum Gasteiger partial charge on any atom is 0.290 e. The number of allylic oxidation sites excluding steroid dienone is 1. The number of hydrogen-bond donors (Lipinski definition) is 1. The minimum atomic E-state index is -0.679. The second kappa shape index (κ2) is 6.54. The van der Waals surface area contributed by atoms with Crippen LogP contribution in [0.1, 0.15) is 24.2 Å². The van der Waals surface area contributed by atoms with Crippen molar-refractivity contribution in [1.82, 2.24) is 5.32 Å². The highest BCUT2D eigenvalue weighted by atomic mass is 35.5. The van der Waals surface area contributed by atoms with Gasteiger partial charge in [0.15, 0.2) is 0 Å². The molecular formula is C12H12Cl2N2O3. The van der Waals surface area contributed by atoms with E-state index in [0.717, 1.165) is 11.6 Å². The Hall–Kier alpha value is -1.59. The van der Waals surface area contributed by atoms with Crippen LogP contribution in [0.25, 0.3) is 0 Å². The number of rotatable bonds is 4. The van der Waals surface area contributed by atoms with Crippen LogP contribution in [-0.4, -0.2) is 17.4 Å². The van der Waals surface area contributed by atoms with E-state index in [1.807, 2.05) is 19.9 Å². The van der Waals surface area contributed by atoms with E-state index < -0.39 is 10.8 Å². The van der Waals surface area contributed by atoms with Crippen LogP contribution in [0.2, 0.25) is 10.0 Å². The Labute approximate surface area is 120 Å². The molecule has 0 aliphatic rings. The lowest BCUT2D eigenvalue weighted by molar-refractivity contribution is -0.384. The third-order valence-corrected chi connectivity index (χ3v) is 3.03. The number of nitrogens with zero attached hydrogens (tertiary/aromatic N) is 1. The van der Waals surface area contributed by atoms with E-state index in [9.17, 15) is 14.9 Å². The van der Waals surface area contributed by atoms with Gasteiger partial charge in [-0.05, 0) is 19.9 Å². The second-order valence-corrected chi connectivity index (χ2v) is 4.82. The molecule has 0 saturated heterocycles. The van der Waals surface area contributed by atoms with Gasteiger partial charge in [0.25, 0.3) is 11.6 Å². The van der Waals surface area contributed by atoms with E-state index in [0.29, 0.717) is 6.54 Å². The number of nitro groups is 1. The van der Waals surface area contributed by atoms with Crippen LogP contribution in [0, 0.1) is 10.1 Å². The Kier molecular flexibility index (Phi) is 5.32. The van der Waals surface area contributed by atoms with Crippen molar-refractivity contribution in [2.45, 2.75) is 13.8 Å². The van der Waals surface area contributed by atoms with Crippen LogP contribution in [-0.2, 0) is 0 Å². The monoisotopic (exact) mass is 302 g/mol. The number of nitro benzene ring substituents is 1. The molecule has 0 heterocycles. The van der Waals surface area contributed by atoms with E-state index in [1.54, 1.807) is 0 Å². The lowest BCUT2D eigenvalue weighted by Gasteiger charge is -2.05. The molecule has 102 valence electrons. The van der Waals surface area contributed by atoms with Gasteiger partial charge in [0.1, 0.15) is 5.02 Å². The Morgan fingerprint density at radius 2 is 2.05 bits per heavy atom. The first-order valence-electron chi connectivity index (χ1n) is 5.38. The number of nitrogens with one attached hydrogen (secondary N) is 1. The molecule has 7 heteroatoms. The number of hydrogen-bond acceptors (Lipinski definition) is 3. The molecule has 1 N–H and O–H groups in total. The molecule has 5 nitrogen and oxygen atoms in total. The number of carbonyl (C=O) groups excluding carboxylic acids is 1. The first-order chi connectivity index (χ1) is 8.82. The summed E-state index contributed by atoms with van der Waals surface area (Å²) >= 11 is 11.5. The molecule has 0 saturated carbocycles. The quantitative estimate of drug-likeness (QED) is 0.525. The molecule has 0 atom stereocenters. The number of carbonyl (C=O) groups is 1. The van der Waals surface area contributed by atoms with Crippen LogP contribution >= 0.6 is 23.2 Å². The summed E-state index contributed by atoms with van der Waals surface area (Å²) in [6.07, 6.45) is 1.82. The van der Waals surface area contributed by atoms with Crippen molar-refractivity contribution in [3.63, 3.8) is 0 Å². The summed E-state index contributed by atoms with van der Waals surface area (Å²) in [5, 5.41) is 13.2. The molecule has 0 bridgehead atoms. The van der Waals surface area contributed by atoms with Gasteiger partial charge < -0.3 is 5.32 Å². The predicted octanol–water partition coefficient (Wildman–Crippen LogP) is 3.60. The van der Waals surface area contributed by atoms with Crippen molar-refractivity contribution in [1.29, 1.82) is 0 Å². The van der Waals surface area contributed by atoms with Crippen LogP contribution in [0.5, 0.6) is 0 Å². The highest BCUT2D eigenvalue weighted by Gasteiger charge is 2.19. The van der Waals surface area contributed by atoms with Crippen molar-refractivity contribution >= 4 is 34.8 Å². The largest absolute Gasteiger partial charge is 0.349 e. The fraction of sp³-hybridized carbons (Fsp3) is 0.250. The molecule has 1 amide bonds. The van der Waals surface area contributed by atoms with E-state index in [2.05, 4.69) is 5.32 Å². The van der Waals surface area contributed by atoms with Gasteiger partial charge in [-0.15, -0.1) is 0 Å². The molecule has 0 aromatic heterocycles. The van der Waals surface area contributed by atoms with E-state index in [-0.39, 0.29) is 21.3 Å². The highest BCUT2D eigenvalue weighted by Crippen LogP contribution is 2.32. The first kappa shape index (κ1) is 15.5. The lowest BCUT2D eigenvalue weighted by atomic mass is 10.2. The third kappa shape index (κ3) is 4.22. The van der Waals surface area contributed by atoms with Crippen molar-refractivity contribution < 1.29 is 9.72 Å². The zero-order chi connectivity index (χ0) is 14.6. The molecule has 0 spiro atoms. The minimum Gasteiger partial charge on any atom is -0.349 e. The Bertz CT molecular complexity index is 552. The predicted molar refractivity (Wildman–Crippen MR) is 74.9 cm³/mol. The van der Waals surface area contributed by atoms with Crippen LogP contribution in [0.3, 0.4) is 0 Å². The van der Waals surface area contributed by atoms with Gasteiger partial charge in [0, 0.05) is 18.2 Å². The van der Waals surface area contributed by atoms with Gasteiger partial charge >= 0.3 is 0 Å². The van der Waals surface area contributed by atoms with Crippen molar-refractivity contribution in [3.05, 3.63) is 49.5 Å². The van der Waals surface area contributed by atoms with Gasteiger partial charge in [-0.1, -0.05) is 34.9 Å². The Balaban J connectivity index is 2.98. The Morgan fingerprint density at radius 1 is 1.42 bits per heavy atom. The fourth-order valence-electron chi connectivity index (χ4n) is 1.29. The number of amides is 1. The summed E-state index contributed by atoms with van der Waals surface area (Å²) < 4.78 is 0. The van der Waals surface area contributed by atoms with Crippen LogP contribution in [0.15, 0.2) is 23.8 Å². The molecule has 19 heavy (non-hydrogen) atoms. The number of halogens is 2. The van der Waals surface area contributed by atoms with E-state index >= 15 is 0 Å². The Morgan fingerprint density at radius 3 is 2.58 bits per heavy atom. The molecule has 0 aliphatic heterocycles. The van der Waals surface area contributed by atoms with Gasteiger partial charge in [-0.3, -0.25) is 14.9 Å². The van der Waals surface area contributed by atoms with Gasteiger partial charge in [0.2, 0.25) is 0 Å². The molecule has 0 aliphatic carbocycles. The SMILES string of the molecule is CC(C)=CCNC(=O)c1cc(Cl)c(Cl)c([N+](=O)[O-])c1. The van der Waals surface area contributed by atoms with E-state index in [1.165, 1.54) is 6.07 Å². The topological polar surface area (TPSA) is 72.2 Å². The standard InChI is InChI=1S/C12H12Cl2N2O3/c1-7(2)3-4-15-12(17)8-5-9(13)11(14)10(6-8)16(18)19/h3,5-6H,4H2,1-2H3,(H,15,17). The molecule has 0 radical (unpaired) electrons. The van der Waals surface area contributed by atoms with Gasteiger partial charge in [-0.25, -0.2) is 0 Å². The summed E-state index contributed by atoms with van der Waals surface area (Å²) in [6, 6.07) is 2.40. The summed E-state index contributed by atoms with van der Waals surface area (Å²) in [5.41, 5.74) is 0.769. The molecule has 1 aromatic rings. The van der Waals surface area contributed by atoms with Crippen LogP contribution in [0.4, 0.5) is 5.69 Å². The van der Waals surface area contributed by atoms with Gasteiger partial charge in [-0.2, -0.15) is 0 Å². The summed E-state index contributed by atoms with van der Waals surface area (Å²) in [7, 11) is 0. The third-order valence-electron chi connectivity index (χ3n) is 2.24. The van der Waals surface area contributed by atoms with Gasteiger partial charge in [0.05, 0.1) is 9.95 Å². The zero-order valence-electron chi connectivity index (χ0n) is 10.4. The maximum absolute atomic E-state index is 11.8. The lowest BCUT2D eigenvalue weighted by Crippen LogP contribution is -2.23. The summed E-state index contributed by atoms with van der Waals surface area (Å²) in [4.78, 5) is 21.9. The average molecular weight is 303 g/mol. The fourth-order valence-corrected chi connectivity index (χ4v) is 1.68. The van der Waals surface area contributed by atoms with Crippen LogP contribution < -0.4 is 5.32 Å². The van der Waals surface area contributed by atoms with Crippen molar-refractivity contribution in [3.8, 4) is 0 Å². The molecule has 0 fully saturated rings. The zero-order valence-corrected chi connectivity index (χ0v) is 11.9. The highest BCUT2D eigenvalue weighted by molar-refractivity contribution is 6.43. The normalized spacial score (nSPS) is 9.89. The summed E-state index contributed by atoms with van der Waals surface area (Å²) in [6.45, 7) is 4.14. The average Bonchev–Trinajstić information content (AvgIpc) is 2.31. The molecule has 0 unspecified atom stereocenters. The van der Waals surface area contributed by atoms with E-state index in [4.69, 9.17) is 23.2 Å². The minimum absolute atomic E-state index is 0.0248. The number of benzene rings is 1. The molecule has 1 rings (SSSR count). The molecule has 1 aromatic carbocycles. The second-order valence-electron chi connectivity index (χ2n) is 4.04. The van der Waals surface area contributed by atoms with Crippen molar-refractivity contribution in [2.24, 2.45) is 0 Å².